The van der Waals surface area contributed by atoms with Gasteiger partial charge < -0.3 is 5.11 Å². The minimum atomic E-state index is -0.973. The fraction of sp³-hybridized carbons (Fsp3) is 0.100. The molecular weight excluding hydrogens is 234 g/mol. The second kappa shape index (κ2) is 4.13. The zero-order chi connectivity index (χ0) is 11.7. The molecule has 84 valence electrons. The number of aromatic amines is 1. The van der Waals surface area contributed by atoms with Crippen molar-refractivity contribution in [3.05, 3.63) is 41.1 Å². The van der Waals surface area contributed by atoms with Gasteiger partial charge in [-0.25, -0.2) is 8.78 Å². The van der Waals surface area contributed by atoms with Gasteiger partial charge in [-0.05, 0) is 17.7 Å². The lowest BCUT2D eigenvalue weighted by Gasteiger charge is -2.03. The van der Waals surface area contributed by atoms with Crippen molar-refractivity contribution in [2.75, 3.05) is 0 Å². The molecule has 0 unspecified atom stereocenters. The van der Waals surface area contributed by atoms with E-state index < -0.39 is 17.4 Å². The second-order valence-electron chi connectivity index (χ2n) is 3.32. The fourth-order valence-corrected chi connectivity index (χ4v) is 1.58. The average molecular weight is 242 g/mol. The van der Waals surface area contributed by atoms with Gasteiger partial charge in [-0.1, -0.05) is 0 Å². The standard InChI is InChI=1S/C10H8F2N2OS/c11-7-2-5(3-8(12)9(7)15)1-6-4-13-14-10(6)16/h2-4,15H,1H2,(H2,13,14,16). The van der Waals surface area contributed by atoms with E-state index >= 15 is 0 Å². The molecule has 0 aliphatic rings. The van der Waals surface area contributed by atoms with Crippen LogP contribution in [0.4, 0.5) is 8.78 Å². The van der Waals surface area contributed by atoms with Crippen LogP contribution < -0.4 is 0 Å². The Balaban J connectivity index is 2.33. The van der Waals surface area contributed by atoms with E-state index in [0.717, 1.165) is 17.7 Å². The third kappa shape index (κ3) is 2.01. The van der Waals surface area contributed by atoms with E-state index in [2.05, 4.69) is 22.8 Å². The molecule has 2 aromatic rings. The van der Waals surface area contributed by atoms with E-state index in [-0.39, 0.29) is 0 Å². The van der Waals surface area contributed by atoms with Crippen LogP contribution in [-0.4, -0.2) is 15.3 Å². The third-order valence-corrected chi connectivity index (χ3v) is 2.55. The van der Waals surface area contributed by atoms with Crippen molar-refractivity contribution in [3.63, 3.8) is 0 Å². The Morgan fingerprint density at radius 2 is 1.94 bits per heavy atom. The number of nitrogens with one attached hydrogen (secondary N) is 1. The molecule has 0 spiro atoms. The first kappa shape index (κ1) is 10.9. The molecule has 0 bridgehead atoms. The molecule has 16 heavy (non-hydrogen) atoms. The van der Waals surface area contributed by atoms with E-state index in [0.29, 0.717) is 17.0 Å². The van der Waals surface area contributed by atoms with E-state index in [1.807, 2.05) is 0 Å². The van der Waals surface area contributed by atoms with Crippen molar-refractivity contribution in [2.45, 2.75) is 11.4 Å². The van der Waals surface area contributed by atoms with Gasteiger partial charge in [0.1, 0.15) is 5.03 Å². The van der Waals surface area contributed by atoms with Crippen LogP contribution in [0, 0.1) is 11.6 Å². The molecule has 1 aromatic carbocycles. The summed E-state index contributed by atoms with van der Waals surface area (Å²) >= 11 is 4.07. The number of aromatic nitrogens is 2. The number of rotatable bonds is 2. The van der Waals surface area contributed by atoms with E-state index in [1.165, 1.54) is 0 Å². The van der Waals surface area contributed by atoms with Crippen molar-refractivity contribution in [1.82, 2.24) is 10.2 Å². The molecule has 0 aliphatic carbocycles. The molecule has 1 aromatic heterocycles. The fourth-order valence-electron chi connectivity index (χ4n) is 1.38. The van der Waals surface area contributed by atoms with Crippen molar-refractivity contribution < 1.29 is 13.9 Å². The Morgan fingerprint density at radius 1 is 1.31 bits per heavy atom. The van der Waals surface area contributed by atoms with Crippen LogP contribution in [-0.2, 0) is 6.42 Å². The molecule has 0 aliphatic heterocycles. The second-order valence-corrected chi connectivity index (χ2v) is 3.74. The van der Waals surface area contributed by atoms with Crippen LogP contribution in [0.25, 0.3) is 0 Å². The van der Waals surface area contributed by atoms with Gasteiger partial charge in [0.25, 0.3) is 0 Å². The van der Waals surface area contributed by atoms with Crippen molar-refractivity contribution in [1.29, 1.82) is 0 Å². The lowest BCUT2D eigenvalue weighted by atomic mass is 10.1. The maximum atomic E-state index is 13.0. The summed E-state index contributed by atoms with van der Waals surface area (Å²) in [5.41, 5.74) is 1.14. The molecular formula is C10H8F2N2OS. The molecule has 0 amide bonds. The van der Waals surface area contributed by atoms with Crippen LogP contribution >= 0.6 is 12.6 Å². The average Bonchev–Trinajstić information content (AvgIpc) is 2.61. The molecule has 0 fully saturated rings. The smallest absolute Gasteiger partial charge is 0.187 e. The number of aromatic hydroxyl groups is 1. The zero-order valence-electron chi connectivity index (χ0n) is 8.04. The first-order chi connectivity index (χ1) is 7.58. The molecule has 0 saturated heterocycles. The van der Waals surface area contributed by atoms with E-state index in [9.17, 15) is 8.78 Å². The van der Waals surface area contributed by atoms with Gasteiger partial charge >= 0.3 is 0 Å². The van der Waals surface area contributed by atoms with E-state index in [4.69, 9.17) is 5.11 Å². The Bertz CT molecular complexity index is 504. The molecule has 1 heterocycles. The number of hydrogen-bond donors (Lipinski definition) is 3. The van der Waals surface area contributed by atoms with Crippen LogP contribution in [0.2, 0.25) is 0 Å². The van der Waals surface area contributed by atoms with Crippen LogP contribution in [0.1, 0.15) is 11.1 Å². The van der Waals surface area contributed by atoms with Gasteiger partial charge in [0, 0.05) is 18.2 Å². The molecule has 2 rings (SSSR count). The monoisotopic (exact) mass is 242 g/mol. The number of H-pyrrole nitrogens is 1. The summed E-state index contributed by atoms with van der Waals surface area (Å²) in [4.78, 5) is 0. The van der Waals surface area contributed by atoms with Crippen molar-refractivity contribution in [2.24, 2.45) is 0 Å². The first-order valence-corrected chi connectivity index (χ1v) is 4.91. The van der Waals surface area contributed by atoms with Gasteiger partial charge in [0.2, 0.25) is 0 Å². The largest absolute Gasteiger partial charge is 0.503 e. The van der Waals surface area contributed by atoms with Gasteiger partial charge in [0.05, 0.1) is 0 Å². The summed E-state index contributed by atoms with van der Waals surface area (Å²) in [6.45, 7) is 0. The molecule has 0 saturated carbocycles. The molecule has 6 heteroatoms. The number of halogens is 2. The molecule has 2 N–H and O–H groups in total. The first-order valence-electron chi connectivity index (χ1n) is 4.46. The number of benzene rings is 1. The highest BCUT2D eigenvalue weighted by atomic mass is 32.1. The van der Waals surface area contributed by atoms with Gasteiger partial charge in [-0.2, -0.15) is 5.10 Å². The summed E-state index contributed by atoms with van der Waals surface area (Å²) in [6, 6.07) is 2.16. The van der Waals surface area contributed by atoms with E-state index in [1.54, 1.807) is 6.20 Å². The van der Waals surface area contributed by atoms with Gasteiger partial charge in [-0.3, -0.25) is 5.10 Å². The summed E-state index contributed by atoms with van der Waals surface area (Å²) in [5, 5.41) is 15.8. The number of hydrogen-bond acceptors (Lipinski definition) is 3. The van der Waals surface area contributed by atoms with Crippen LogP contribution in [0.3, 0.4) is 0 Å². The highest BCUT2D eigenvalue weighted by Gasteiger charge is 2.11. The Kier molecular flexibility index (Phi) is 2.82. The molecule has 3 nitrogen and oxygen atoms in total. The zero-order valence-corrected chi connectivity index (χ0v) is 8.93. The van der Waals surface area contributed by atoms with Gasteiger partial charge in [0.15, 0.2) is 17.4 Å². The summed E-state index contributed by atoms with van der Waals surface area (Å²) in [7, 11) is 0. The number of phenols is 1. The molecule has 0 atom stereocenters. The Morgan fingerprint density at radius 3 is 2.44 bits per heavy atom. The number of thiol groups is 1. The maximum Gasteiger partial charge on any atom is 0.187 e. The predicted octanol–water partition coefficient (Wildman–Crippen LogP) is 2.27. The highest BCUT2D eigenvalue weighted by Crippen LogP contribution is 2.23. The van der Waals surface area contributed by atoms with Crippen LogP contribution in [0.15, 0.2) is 23.4 Å². The normalized spacial score (nSPS) is 10.7. The minimum Gasteiger partial charge on any atom is -0.503 e. The predicted molar refractivity (Wildman–Crippen MR) is 56.7 cm³/mol. The van der Waals surface area contributed by atoms with Gasteiger partial charge in [-0.15, -0.1) is 12.6 Å². The topological polar surface area (TPSA) is 48.9 Å². The maximum absolute atomic E-state index is 13.0. The third-order valence-electron chi connectivity index (χ3n) is 2.17. The highest BCUT2D eigenvalue weighted by molar-refractivity contribution is 7.80. The summed E-state index contributed by atoms with van der Waals surface area (Å²) in [6.07, 6.45) is 1.90. The Labute approximate surface area is 95.5 Å². The Hall–Kier alpha value is -1.56. The molecule has 0 radical (unpaired) electrons. The van der Waals surface area contributed by atoms with Crippen molar-refractivity contribution >= 4 is 12.6 Å². The lowest BCUT2D eigenvalue weighted by molar-refractivity contribution is 0.395. The summed E-state index contributed by atoms with van der Waals surface area (Å²) in [5.74, 6) is -2.90. The SMILES string of the molecule is Oc1c(F)cc(Cc2c[nH]nc2S)cc1F. The quantitative estimate of drug-likeness (QED) is 0.707. The summed E-state index contributed by atoms with van der Waals surface area (Å²) < 4.78 is 26.1. The number of phenolic OH excluding ortho intramolecular Hbond substituents is 1. The lowest BCUT2D eigenvalue weighted by Crippen LogP contribution is -1.92. The minimum absolute atomic E-state index is 0.295. The van der Waals surface area contributed by atoms with Crippen molar-refractivity contribution in [3.8, 4) is 5.75 Å². The van der Waals surface area contributed by atoms with Crippen LogP contribution in [0.5, 0.6) is 5.75 Å². The number of nitrogens with zero attached hydrogens (tertiary/aromatic N) is 1.